The molecule has 5 heteroatoms. The van der Waals surface area contributed by atoms with Crippen LogP contribution in [0.15, 0.2) is 18.2 Å². The summed E-state index contributed by atoms with van der Waals surface area (Å²) in [5.41, 5.74) is 0.451. The Kier molecular flexibility index (Phi) is 3.02. The van der Waals surface area contributed by atoms with Crippen LogP contribution < -0.4 is 4.74 Å². The fourth-order valence-electron chi connectivity index (χ4n) is 2.94. The number of phenolic OH excluding ortho intramolecular Hbond substituents is 2. The fraction of sp³-hybridized carbons (Fsp3) is 0.312. The van der Waals surface area contributed by atoms with Crippen molar-refractivity contribution in [3.8, 4) is 17.2 Å². The average molecular weight is 288 g/mol. The quantitative estimate of drug-likeness (QED) is 0.789. The highest BCUT2D eigenvalue weighted by molar-refractivity contribution is 6.12. The Morgan fingerprint density at radius 2 is 1.86 bits per heavy atom. The van der Waals surface area contributed by atoms with Crippen molar-refractivity contribution in [2.45, 2.75) is 26.1 Å². The number of ether oxygens (including phenoxy) is 2. The molecule has 0 bridgehead atoms. The van der Waals surface area contributed by atoms with Gasteiger partial charge in [-0.25, -0.2) is 0 Å². The molecule has 0 radical (unpaired) electrons. The third-order valence-corrected chi connectivity index (χ3v) is 3.93. The topological polar surface area (TPSA) is 76.0 Å². The first-order chi connectivity index (χ1) is 9.97. The minimum atomic E-state index is -0.652. The van der Waals surface area contributed by atoms with Crippen LogP contribution in [0.5, 0.6) is 17.2 Å². The average Bonchev–Trinajstić information content (AvgIpc) is 2.47. The summed E-state index contributed by atoms with van der Waals surface area (Å²) in [5.74, 6) is -0.117. The Morgan fingerprint density at radius 3 is 2.52 bits per heavy atom. The lowest BCUT2D eigenvalue weighted by Gasteiger charge is -2.29. The minimum Gasteiger partial charge on any atom is -0.507 e. The summed E-state index contributed by atoms with van der Waals surface area (Å²) < 4.78 is 10.8. The van der Waals surface area contributed by atoms with Gasteiger partial charge in [0.25, 0.3) is 0 Å². The van der Waals surface area contributed by atoms with E-state index in [1.165, 1.54) is 7.11 Å². The first kappa shape index (κ1) is 13.7. The number of hydrogen-bond donors (Lipinski definition) is 2. The van der Waals surface area contributed by atoms with Crippen molar-refractivity contribution in [3.05, 3.63) is 29.3 Å². The second kappa shape index (κ2) is 4.63. The lowest BCUT2D eigenvalue weighted by Crippen LogP contribution is -2.29. The van der Waals surface area contributed by atoms with E-state index in [0.717, 1.165) is 0 Å². The van der Waals surface area contributed by atoms with Gasteiger partial charge >= 0.3 is 0 Å². The molecule has 0 saturated heterocycles. The van der Waals surface area contributed by atoms with Crippen LogP contribution in [0.3, 0.4) is 0 Å². The molecule has 3 rings (SSSR count). The van der Waals surface area contributed by atoms with Gasteiger partial charge in [0.15, 0.2) is 5.78 Å². The van der Waals surface area contributed by atoms with Crippen LogP contribution in [-0.2, 0) is 4.74 Å². The summed E-state index contributed by atoms with van der Waals surface area (Å²) in [6.45, 7) is 3.37. The van der Waals surface area contributed by atoms with Crippen LogP contribution in [0.4, 0.5) is 0 Å². The second-order valence-electron chi connectivity index (χ2n) is 5.15. The number of carbonyl (C=O) groups is 1. The first-order valence-corrected chi connectivity index (χ1v) is 6.71. The van der Waals surface area contributed by atoms with Crippen LogP contribution >= 0.6 is 0 Å². The largest absolute Gasteiger partial charge is 0.507 e. The minimum absolute atomic E-state index is 0.0806. The molecule has 21 heavy (non-hydrogen) atoms. The number of aromatic hydroxyl groups is 2. The summed E-state index contributed by atoms with van der Waals surface area (Å²) in [6, 6.07) is 5.03. The number of fused-ring (bicyclic) bond motifs is 2. The van der Waals surface area contributed by atoms with E-state index in [-0.39, 0.29) is 22.8 Å². The highest BCUT2D eigenvalue weighted by Crippen LogP contribution is 2.48. The molecular weight excluding hydrogens is 272 g/mol. The summed E-state index contributed by atoms with van der Waals surface area (Å²) in [5, 5.41) is 21.9. The molecule has 2 atom stereocenters. The van der Waals surface area contributed by atoms with Gasteiger partial charge in [0.1, 0.15) is 23.4 Å². The highest BCUT2D eigenvalue weighted by Gasteiger charge is 2.36. The Bertz CT molecular complexity index is 750. The van der Waals surface area contributed by atoms with E-state index in [2.05, 4.69) is 0 Å². The molecule has 1 aliphatic heterocycles. The van der Waals surface area contributed by atoms with Crippen molar-refractivity contribution in [3.63, 3.8) is 0 Å². The van der Waals surface area contributed by atoms with Gasteiger partial charge in [-0.2, -0.15) is 0 Å². The number of phenols is 2. The van der Waals surface area contributed by atoms with Crippen molar-refractivity contribution in [1.29, 1.82) is 0 Å². The van der Waals surface area contributed by atoms with E-state index in [4.69, 9.17) is 9.47 Å². The molecule has 2 aromatic carbocycles. The molecule has 0 aromatic heterocycles. The van der Waals surface area contributed by atoms with E-state index in [1.54, 1.807) is 32.0 Å². The van der Waals surface area contributed by atoms with Crippen molar-refractivity contribution >= 4 is 16.6 Å². The smallest absolute Gasteiger partial charge is 0.195 e. The molecule has 0 amide bonds. The molecule has 2 aromatic rings. The van der Waals surface area contributed by atoms with Crippen LogP contribution in [0, 0.1) is 0 Å². The van der Waals surface area contributed by atoms with Crippen LogP contribution in [-0.4, -0.2) is 29.2 Å². The Morgan fingerprint density at radius 1 is 1.14 bits per heavy atom. The molecular formula is C16H16O5. The third-order valence-electron chi connectivity index (χ3n) is 3.93. The summed E-state index contributed by atoms with van der Waals surface area (Å²) >= 11 is 0. The SMILES string of the molecule is COc1cccc2c(O)c3c(c(O)c12)C(C)OC(C)C3=O. The Balaban J connectivity index is 2.49. The summed E-state index contributed by atoms with van der Waals surface area (Å²) in [4.78, 5) is 12.3. The van der Waals surface area contributed by atoms with Gasteiger partial charge in [-0.3, -0.25) is 4.79 Å². The van der Waals surface area contributed by atoms with Gasteiger partial charge in [-0.15, -0.1) is 0 Å². The zero-order valence-corrected chi connectivity index (χ0v) is 12.0. The fourth-order valence-corrected chi connectivity index (χ4v) is 2.94. The lowest BCUT2D eigenvalue weighted by atomic mass is 9.88. The number of benzene rings is 2. The number of hydrogen-bond acceptors (Lipinski definition) is 5. The van der Waals surface area contributed by atoms with Gasteiger partial charge < -0.3 is 19.7 Å². The predicted octanol–water partition coefficient (Wildman–Crippen LogP) is 2.92. The van der Waals surface area contributed by atoms with Gasteiger partial charge in [0.05, 0.1) is 24.2 Å². The summed E-state index contributed by atoms with van der Waals surface area (Å²) in [6.07, 6.45) is -1.14. The van der Waals surface area contributed by atoms with Crippen molar-refractivity contribution in [1.82, 2.24) is 0 Å². The van der Waals surface area contributed by atoms with E-state index >= 15 is 0 Å². The molecule has 2 unspecified atom stereocenters. The molecule has 0 fully saturated rings. The van der Waals surface area contributed by atoms with Gasteiger partial charge in [0, 0.05) is 10.9 Å². The van der Waals surface area contributed by atoms with Crippen molar-refractivity contribution < 1.29 is 24.5 Å². The van der Waals surface area contributed by atoms with Crippen molar-refractivity contribution in [2.24, 2.45) is 0 Å². The molecule has 1 heterocycles. The Hall–Kier alpha value is -2.27. The number of ketones is 1. The molecule has 5 nitrogen and oxygen atoms in total. The number of methoxy groups -OCH3 is 1. The highest BCUT2D eigenvalue weighted by atomic mass is 16.5. The maximum atomic E-state index is 12.3. The normalized spacial score (nSPS) is 21.4. The van der Waals surface area contributed by atoms with Crippen LogP contribution in [0.25, 0.3) is 10.8 Å². The number of carbonyl (C=O) groups excluding carboxylic acids is 1. The van der Waals surface area contributed by atoms with E-state index in [0.29, 0.717) is 22.1 Å². The molecule has 2 N–H and O–H groups in total. The maximum Gasteiger partial charge on any atom is 0.195 e. The maximum absolute atomic E-state index is 12.3. The second-order valence-corrected chi connectivity index (χ2v) is 5.15. The molecule has 0 saturated carbocycles. The molecule has 110 valence electrons. The molecule has 0 aliphatic carbocycles. The standard InChI is InChI=1S/C16H16O5/c1-7-11-13(14(17)8(2)21-7)15(18)9-5-4-6-10(20-3)12(9)16(11)19/h4-8,18-19H,1-3H3. The van der Waals surface area contributed by atoms with Crippen molar-refractivity contribution in [2.75, 3.05) is 7.11 Å². The van der Waals surface area contributed by atoms with Gasteiger partial charge in [0.2, 0.25) is 0 Å². The molecule has 1 aliphatic rings. The van der Waals surface area contributed by atoms with E-state index in [9.17, 15) is 15.0 Å². The molecule has 0 spiro atoms. The van der Waals surface area contributed by atoms with Crippen LogP contribution in [0.2, 0.25) is 0 Å². The zero-order valence-electron chi connectivity index (χ0n) is 12.0. The van der Waals surface area contributed by atoms with Crippen LogP contribution in [0.1, 0.15) is 35.9 Å². The third kappa shape index (κ3) is 1.77. The predicted molar refractivity (Wildman–Crippen MR) is 77.1 cm³/mol. The summed E-state index contributed by atoms with van der Waals surface area (Å²) in [7, 11) is 1.48. The number of rotatable bonds is 1. The Labute approximate surface area is 121 Å². The first-order valence-electron chi connectivity index (χ1n) is 6.71. The van der Waals surface area contributed by atoms with Gasteiger partial charge in [-0.1, -0.05) is 12.1 Å². The lowest BCUT2D eigenvalue weighted by molar-refractivity contribution is 0.00187. The number of Topliss-reactive ketones (excluding diaryl/α,β-unsaturated/α-hetero) is 1. The van der Waals surface area contributed by atoms with E-state index < -0.39 is 12.2 Å². The van der Waals surface area contributed by atoms with Gasteiger partial charge in [-0.05, 0) is 19.9 Å². The van der Waals surface area contributed by atoms with E-state index in [1.807, 2.05) is 0 Å². The monoisotopic (exact) mass is 288 g/mol. The zero-order chi connectivity index (χ0) is 15.3.